The molecule has 0 aromatic heterocycles. The molecule has 0 heterocycles. The molecule has 2 aromatic carbocycles. The van der Waals surface area contributed by atoms with Gasteiger partial charge in [-0.15, -0.1) is 0 Å². The zero-order valence-corrected chi connectivity index (χ0v) is 16.1. The van der Waals surface area contributed by atoms with Crippen LogP contribution in [0, 0.1) is 0 Å². The summed E-state index contributed by atoms with van der Waals surface area (Å²) in [5.41, 5.74) is 2.82. The van der Waals surface area contributed by atoms with Crippen molar-refractivity contribution in [1.82, 2.24) is 10.6 Å². The number of ether oxygens (including phenoxy) is 2. The summed E-state index contributed by atoms with van der Waals surface area (Å²) in [6, 6.07) is 15.3. The molecule has 0 saturated carbocycles. The van der Waals surface area contributed by atoms with E-state index in [0.29, 0.717) is 12.1 Å². The SMILES string of the molecule is CCNC(=NCc1ccc(OC)cc1)NCCc1ccc(C(=O)OC)cc1. The van der Waals surface area contributed by atoms with Crippen molar-refractivity contribution in [3.05, 3.63) is 65.2 Å². The summed E-state index contributed by atoms with van der Waals surface area (Å²) in [4.78, 5) is 16.1. The number of nitrogens with zero attached hydrogens (tertiary/aromatic N) is 1. The number of nitrogens with one attached hydrogen (secondary N) is 2. The third-order valence-corrected chi connectivity index (χ3v) is 4.00. The highest BCUT2D eigenvalue weighted by Crippen LogP contribution is 2.11. The minimum atomic E-state index is -0.320. The molecule has 0 aliphatic heterocycles. The van der Waals surface area contributed by atoms with Crippen LogP contribution >= 0.6 is 0 Å². The first-order valence-electron chi connectivity index (χ1n) is 8.98. The molecule has 2 rings (SSSR count). The Balaban J connectivity index is 1.86. The van der Waals surface area contributed by atoms with Gasteiger partial charge in [0.05, 0.1) is 26.3 Å². The topological polar surface area (TPSA) is 72.0 Å². The van der Waals surface area contributed by atoms with Crippen LogP contribution < -0.4 is 15.4 Å². The lowest BCUT2D eigenvalue weighted by molar-refractivity contribution is 0.0600. The van der Waals surface area contributed by atoms with Crippen molar-refractivity contribution in [2.45, 2.75) is 19.9 Å². The number of hydrogen-bond donors (Lipinski definition) is 2. The number of hydrogen-bond acceptors (Lipinski definition) is 4. The maximum absolute atomic E-state index is 11.5. The number of methoxy groups -OCH3 is 2. The molecule has 0 unspecified atom stereocenters. The summed E-state index contributed by atoms with van der Waals surface area (Å²) in [5.74, 6) is 1.30. The molecule has 0 fully saturated rings. The summed E-state index contributed by atoms with van der Waals surface area (Å²) < 4.78 is 9.88. The summed E-state index contributed by atoms with van der Waals surface area (Å²) in [6.07, 6.45) is 0.828. The van der Waals surface area contributed by atoms with Crippen molar-refractivity contribution >= 4 is 11.9 Å². The quantitative estimate of drug-likeness (QED) is 0.425. The van der Waals surface area contributed by atoms with E-state index in [9.17, 15) is 4.79 Å². The molecule has 6 nitrogen and oxygen atoms in total. The second-order valence-electron chi connectivity index (χ2n) is 5.91. The van der Waals surface area contributed by atoms with E-state index in [4.69, 9.17) is 9.47 Å². The maximum Gasteiger partial charge on any atom is 0.337 e. The molecule has 2 N–H and O–H groups in total. The van der Waals surface area contributed by atoms with Gasteiger partial charge in [-0.3, -0.25) is 0 Å². The van der Waals surface area contributed by atoms with E-state index in [1.165, 1.54) is 7.11 Å². The molecule has 0 aliphatic rings. The minimum Gasteiger partial charge on any atom is -0.497 e. The Morgan fingerprint density at radius 2 is 1.63 bits per heavy atom. The summed E-state index contributed by atoms with van der Waals surface area (Å²) in [5, 5.41) is 6.58. The molecule has 0 aliphatic carbocycles. The van der Waals surface area contributed by atoms with E-state index in [2.05, 4.69) is 15.6 Å². The van der Waals surface area contributed by atoms with Crippen molar-refractivity contribution in [3.63, 3.8) is 0 Å². The van der Waals surface area contributed by atoms with Crippen LogP contribution in [0.2, 0.25) is 0 Å². The van der Waals surface area contributed by atoms with Gasteiger partial charge in [-0.1, -0.05) is 24.3 Å². The monoisotopic (exact) mass is 369 g/mol. The molecule has 27 heavy (non-hydrogen) atoms. The van der Waals surface area contributed by atoms with Crippen LogP contribution in [0.4, 0.5) is 0 Å². The molecular weight excluding hydrogens is 342 g/mol. The van der Waals surface area contributed by atoms with E-state index in [1.807, 2.05) is 43.3 Å². The first kappa shape index (κ1) is 20.3. The minimum absolute atomic E-state index is 0.320. The molecule has 0 atom stereocenters. The van der Waals surface area contributed by atoms with Crippen LogP contribution in [0.1, 0.15) is 28.4 Å². The van der Waals surface area contributed by atoms with Gasteiger partial charge in [0, 0.05) is 13.1 Å². The predicted molar refractivity (Wildman–Crippen MR) is 107 cm³/mol. The second-order valence-corrected chi connectivity index (χ2v) is 5.91. The highest BCUT2D eigenvalue weighted by Gasteiger charge is 2.04. The van der Waals surface area contributed by atoms with E-state index in [-0.39, 0.29) is 5.97 Å². The fraction of sp³-hybridized carbons (Fsp3) is 0.333. The van der Waals surface area contributed by atoms with Crippen LogP contribution in [0.25, 0.3) is 0 Å². The van der Waals surface area contributed by atoms with Crippen LogP contribution in [-0.2, 0) is 17.7 Å². The number of aliphatic imine (C=N–C) groups is 1. The summed E-state index contributed by atoms with van der Waals surface area (Å²) >= 11 is 0. The zero-order chi connectivity index (χ0) is 19.5. The van der Waals surface area contributed by atoms with Gasteiger partial charge >= 0.3 is 5.97 Å². The Hall–Kier alpha value is -3.02. The second kappa shape index (κ2) is 10.9. The van der Waals surface area contributed by atoms with E-state index in [0.717, 1.165) is 42.3 Å². The number of rotatable bonds is 8. The first-order valence-corrected chi connectivity index (χ1v) is 8.98. The highest BCUT2D eigenvalue weighted by molar-refractivity contribution is 5.89. The Morgan fingerprint density at radius 1 is 0.963 bits per heavy atom. The van der Waals surface area contributed by atoms with Crippen molar-refractivity contribution in [2.75, 3.05) is 27.3 Å². The fourth-order valence-electron chi connectivity index (χ4n) is 2.49. The van der Waals surface area contributed by atoms with Gasteiger partial charge in [0.2, 0.25) is 0 Å². The summed E-state index contributed by atoms with van der Waals surface area (Å²) in [6.45, 7) is 4.16. The van der Waals surface area contributed by atoms with E-state index < -0.39 is 0 Å². The van der Waals surface area contributed by atoms with E-state index >= 15 is 0 Å². The molecule has 144 valence electrons. The number of guanidine groups is 1. The molecular formula is C21H27N3O3. The number of esters is 1. The summed E-state index contributed by atoms with van der Waals surface area (Å²) in [7, 11) is 3.04. The van der Waals surface area contributed by atoms with Crippen LogP contribution in [0.5, 0.6) is 5.75 Å². The molecule has 0 saturated heterocycles. The number of carbonyl (C=O) groups excluding carboxylic acids is 1. The largest absolute Gasteiger partial charge is 0.497 e. The van der Waals surface area contributed by atoms with Gasteiger partial charge in [-0.05, 0) is 48.7 Å². The number of carbonyl (C=O) groups is 1. The van der Waals surface area contributed by atoms with Crippen molar-refractivity contribution in [2.24, 2.45) is 4.99 Å². The van der Waals surface area contributed by atoms with Gasteiger partial charge in [-0.25, -0.2) is 9.79 Å². The Bertz CT molecular complexity index is 740. The van der Waals surface area contributed by atoms with Gasteiger partial charge in [0.15, 0.2) is 5.96 Å². The van der Waals surface area contributed by atoms with E-state index in [1.54, 1.807) is 19.2 Å². The van der Waals surface area contributed by atoms with Gasteiger partial charge in [0.25, 0.3) is 0 Å². The Morgan fingerprint density at radius 3 is 2.22 bits per heavy atom. The molecule has 0 amide bonds. The highest BCUT2D eigenvalue weighted by atomic mass is 16.5. The molecule has 0 radical (unpaired) electrons. The standard InChI is InChI=1S/C21H27N3O3/c1-4-22-21(24-15-17-7-11-19(26-2)12-8-17)23-14-13-16-5-9-18(10-6-16)20(25)27-3/h5-12H,4,13-15H2,1-3H3,(H2,22,23,24). The average molecular weight is 369 g/mol. The van der Waals surface area contributed by atoms with Crippen molar-refractivity contribution < 1.29 is 14.3 Å². The zero-order valence-electron chi connectivity index (χ0n) is 16.1. The van der Waals surface area contributed by atoms with Crippen LogP contribution in [0.15, 0.2) is 53.5 Å². The lowest BCUT2D eigenvalue weighted by Gasteiger charge is -2.11. The van der Waals surface area contributed by atoms with Gasteiger partial charge < -0.3 is 20.1 Å². The molecule has 6 heteroatoms. The third-order valence-electron chi connectivity index (χ3n) is 4.00. The predicted octanol–water partition coefficient (Wildman–Crippen LogP) is 2.78. The maximum atomic E-state index is 11.5. The molecule has 0 spiro atoms. The lowest BCUT2D eigenvalue weighted by atomic mass is 10.1. The van der Waals surface area contributed by atoms with Gasteiger partial charge in [0.1, 0.15) is 5.75 Å². The normalized spacial score (nSPS) is 11.0. The third kappa shape index (κ3) is 6.66. The fourth-order valence-corrected chi connectivity index (χ4v) is 2.49. The number of benzene rings is 2. The molecule has 0 bridgehead atoms. The Labute approximate surface area is 160 Å². The van der Waals surface area contributed by atoms with Gasteiger partial charge in [-0.2, -0.15) is 0 Å². The molecule has 2 aromatic rings. The van der Waals surface area contributed by atoms with Crippen LogP contribution in [0.3, 0.4) is 0 Å². The smallest absolute Gasteiger partial charge is 0.337 e. The van der Waals surface area contributed by atoms with Crippen LogP contribution in [-0.4, -0.2) is 39.2 Å². The lowest BCUT2D eigenvalue weighted by Crippen LogP contribution is -2.38. The average Bonchev–Trinajstić information content (AvgIpc) is 2.72. The van der Waals surface area contributed by atoms with Crippen molar-refractivity contribution in [1.29, 1.82) is 0 Å². The first-order chi connectivity index (χ1) is 13.2. The Kier molecular flexibility index (Phi) is 8.16. The van der Waals surface area contributed by atoms with Crippen molar-refractivity contribution in [3.8, 4) is 5.75 Å².